The third kappa shape index (κ3) is 2.83. The van der Waals surface area contributed by atoms with E-state index in [4.69, 9.17) is 10.7 Å². The molecule has 0 radical (unpaired) electrons. The van der Waals surface area contributed by atoms with Gasteiger partial charge < -0.3 is 15.4 Å². The van der Waals surface area contributed by atoms with E-state index in [1.165, 1.54) is 6.33 Å². The van der Waals surface area contributed by atoms with Gasteiger partial charge in [0.1, 0.15) is 23.4 Å². The summed E-state index contributed by atoms with van der Waals surface area (Å²) in [7, 11) is 2.02. The number of carboxylic acid groups (broad SMARTS) is 1. The highest BCUT2D eigenvalue weighted by Crippen LogP contribution is 2.38. The number of carboxylic acids is 1. The van der Waals surface area contributed by atoms with Crippen molar-refractivity contribution in [3.8, 4) is 11.3 Å². The van der Waals surface area contributed by atoms with Crippen LogP contribution in [0.2, 0.25) is 0 Å². The van der Waals surface area contributed by atoms with Crippen LogP contribution in [0.5, 0.6) is 0 Å². The second-order valence-corrected chi connectivity index (χ2v) is 7.81. The van der Waals surface area contributed by atoms with Crippen LogP contribution < -0.4 is 5.73 Å². The fraction of sp³-hybridized carbons (Fsp3) is 0.333. The summed E-state index contributed by atoms with van der Waals surface area (Å²) >= 11 is 0. The zero-order valence-corrected chi connectivity index (χ0v) is 16.1. The lowest BCUT2D eigenvalue weighted by atomic mass is 9.82. The first-order valence-corrected chi connectivity index (χ1v) is 9.80. The van der Waals surface area contributed by atoms with Crippen LogP contribution in [-0.4, -0.2) is 35.2 Å². The first-order chi connectivity index (χ1) is 14.0. The summed E-state index contributed by atoms with van der Waals surface area (Å²) in [6.45, 7) is 0. The molecule has 4 aromatic rings. The standard InChI is InChI=1S/C21H22N6O2/c1-26-9-8-12-2-7-15(10-16(12)26)17-18-19(22)23-11-24-27(18)20(25-17)13-3-5-14(6-4-13)21(28)29/h2,7-11,13-14H,3-6H2,1H3,(H,28,29)(H2,22,23,24). The minimum Gasteiger partial charge on any atom is -0.481 e. The average Bonchev–Trinajstić information content (AvgIpc) is 3.30. The van der Waals surface area contributed by atoms with Gasteiger partial charge in [-0.2, -0.15) is 5.10 Å². The van der Waals surface area contributed by atoms with Crippen LogP contribution in [0.1, 0.15) is 37.4 Å². The Hall–Kier alpha value is -3.42. The number of benzene rings is 1. The second-order valence-electron chi connectivity index (χ2n) is 7.81. The molecule has 8 heteroatoms. The van der Waals surface area contributed by atoms with Gasteiger partial charge in [-0.1, -0.05) is 12.1 Å². The second kappa shape index (κ2) is 6.58. The molecule has 0 bridgehead atoms. The molecule has 0 spiro atoms. The van der Waals surface area contributed by atoms with Gasteiger partial charge in [0, 0.05) is 30.2 Å². The molecular formula is C21H22N6O2. The van der Waals surface area contributed by atoms with Crippen LogP contribution in [0.25, 0.3) is 27.7 Å². The van der Waals surface area contributed by atoms with Crippen molar-refractivity contribution in [3.63, 3.8) is 0 Å². The summed E-state index contributed by atoms with van der Waals surface area (Å²) in [5.41, 5.74) is 9.77. The molecule has 8 nitrogen and oxygen atoms in total. The van der Waals surface area contributed by atoms with Crippen molar-refractivity contribution >= 4 is 28.2 Å². The Labute approximate surface area is 167 Å². The first-order valence-electron chi connectivity index (χ1n) is 9.80. The normalized spacial score (nSPS) is 19.8. The predicted octanol–water partition coefficient (Wildman–Crippen LogP) is 3.22. The largest absolute Gasteiger partial charge is 0.481 e. The van der Waals surface area contributed by atoms with Crippen LogP contribution in [0.4, 0.5) is 5.82 Å². The summed E-state index contributed by atoms with van der Waals surface area (Å²) in [5.74, 6) is 0.399. The highest BCUT2D eigenvalue weighted by molar-refractivity contribution is 5.90. The Morgan fingerprint density at radius 1 is 1.21 bits per heavy atom. The van der Waals surface area contributed by atoms with E-state index >= 15 is 0 Å². The minimum atomic E-state index is -0.709. The summed E-state index contributed by atoms with van der Waals surface area (Å²) in [5, 5.41) is 14.9. The number of aromatic nitrogens is 5. The molecule has 1 aliphatic carbocycles. The van der Waals surface area contributed by atoms with E-state index in [1.54, 1.807) is 4.52 Å². The molecule has 0 amide bonds. The number of nitrogens with two attached hydrogens (primary N) is 1. The Bertz CT molecular complexity index is 1230. The van der Waals surface area contributed by atoms with Gasteiger partial charge in [-0.25, -0.2) is 14.5 Å². The van der Waals surface area contributed by atoms with E-state index in [2.05, 4.69) is 32.8 Å². The predicted molar refractivity (Wildman–Crippen MR) is 109 cm³/mol. The number of anilines is 1. The molecule has 0 aliphatic heterocycles. The van der Waals surface area contributed by atoms with Gasteiger partial charge in [0.05, 0.1) is 5.92 Å². The van der Waals surface area contributed by atoms with Gasteiger partial charge in [0.15, 0.2) is 5.82 Å². The highest BCUT2D eigenvalue weighted by atomic mass is 16.4. The van der Waals surface area contributed by atoms with Gasteiger partial charge in [0.25, 0.3) is 0 Å². The zero-order chi connectivity index (χ0) is 20.1. The number of hydrogen-bond acceptors (Lipinski definition) is 5. The maximum absolute atomic E-state index is 11.3. The fourth-order valence-corrected chi connectivity index (χ4v) is 4.45. The summed E-state index contributed by atoms with van der Waals surface area (Å²) in [6, 6.07) is 8.30. The first kappa shape index (κ1) is 17.7. The van der Waals surface area contributed by atoms with Gasteiger partial charge in [-0.15, -0.1) is 0 Å². The molecule has 0 saturated heterocycles. The van der Waals surface area contributed by atoms with Crippen molar-refractivity contribution in [1.29, 1.82) is 0 Å². The lowest BCUT2D eigenvalue weighted by molar-refractivity contribution is -0.142. The molecular weight excluding hydrogens is 368 g/mol. The number of imidazole rings is 1. The maximum atomic E-state index is 11.3. The average molecular weight is 390 g/mol. The van der Waals surface area contributed by atoms with E-state index in [0.29, 0.717) is 24.2 Å². The Balaban J connectivity index is 1.63. The van der Waals surface area contributed by atoms with Crippen molar-refractivity contribution in [1.82, 2.24) is 24.1 Å². The van der Waals surface area contributed by atoms with Gasteiger partial charge in [0.2, 0.25) is 0 Å². The van der Waals surface area contributed by atoms with Crippen LogP contribution >= 0.6 is 0 Å². The molecule has 1 aromatic carbocycles. The number of aliphatic carboxylic acids is 1. The smallest absolute Gasteiger partial charge is 0.306 e. The number of hydrogen-bond donors (Lipinski definition) is 2. The summed E-state index contributed by atoms with van der Waals surface area (Å²) in [6.07, 6.45) is 6.33. The Morgan fingerprint density at radius 3 is 2.76 bits per heavy atom. The SMILES string of the molecule is Cn1ccc2ccc(-c3nc(C4CCC(C(=O)O)CC4)n4ncnc(N)c34)cc21. The molecule has 1 saturated carbocycles. The summed E-state index contributed by atoms with van der Waals surface area (Å²) in [4.78, 5) is 20.4. The number of rotatable bonds is 3. The van der Waals surface area contributed by atoms with E-state index in [-0.39, 0.29) is 11.8 Å². The number of nitrogens with zero attached hydrogens (tertiary/aromatic N) is 5. The molecule has 5 rings (SSSR count). The van der Waals surface area contributed by atoms with Gasteiger partial charge in [-0.05, 0) is 43.2 Å². The van der Waals surface area contributed by atoms with E-state index in [0.717, 1.165) is 40.8 Å². The van der Waals surface area contributed by atoms with Crippen molar-refractivity contribution in [2.45, 2.75) is 31.6 Å². The van der Waals surface area contributed by atoms with Gasteiger partial charge in [-0.3, -0.25) is 4.79 Å². The number of carbonyl (C=O) groups is 1. The highest BCUT2D eigenvalue weighted by Gasteiger charge is 2.30. The number of aryl methyl sites for hydroxylation is 1. The lowest BCUT2D eigenvalue weighted by Crippen LogP contribution is -2.21. The molecule has 1 aliphatic rings. The number of nitrogen functional groups attached to an aromatic ring is 1. The van der Waals surface area contributed by atoms with Gasteiger partial charge >= 0.3 is 5.97 Å². The Morgan fingerprint density at radius 2 is 2.00 bits per heavy atom. The molecule has 0 atom stereocenters. The van der Waals surface area contributed by atoms with Crippen LogP contribution in [0, 0.1) is 5.92 Å². The number of fused-ring (bicyclic) bond motifs is 2. The molecule has 3 heterocycles. The topological polar surface area (TPSA) is 111 Å². The van der Waals surface area contributed by atoms with E-state index in [9.17, 15) is 9.90 Å². The molecule has 3 aromatic heterocycles. The zero-order valence-electron chi connectivity index (χ0n) is 16.1. The van der Waals surface area contributed by atoms with E-state index in [1.807, 2.05) is 19.3 Å². The van der Waals surface area contributed by atoms with Crippen LogP contribution in [-0.2, 0) is 11.8 Å². The maximum Gasteiger partial charge on any atom is 0.306 e. The third-order valence-corrected chi connectivity index (χ3v) is 6.09. The van der Waals surface area contributed by atoms with Crippen molar-refractivity contribution in [2.75, 3.05) is 5.73 Å². The molecule has 1 fully saturated rings. The summed E-state index contributed by atoms with van der Waals surface area (Å²) < 4.78 is 3.86. The lowest BCUT2D eigenvalue weighted by Gasteiger charge is -2.24. The fourth-order valence-electron chi connectivity index (χ4n) is 4.45. The van der Waals surface area contributed by atoms with Crippen molar-refractivity contribution in [3.05, 3.63) is 42.6 Å². The van der Waals surface area contributed by atoms with Crippen molar-refractivity contribution in [2.24, 2.45) is 13.0 Å². The molecule has 3 N–H and O–H groups in total. The van der Waals surface area contributed by atoms with Crippen LogP contribution in [0.15, 0.2) is 36.8 Å². The minimum absolute atomic E-state index is 0.153. The monoisotopic (exact) mass is 390 g/mol. The third-order valence-electron chi connectivity index (χ3n) is 6.09. The Kier molecular flexibility index (Phi) is 4.01. The quantitative estimate of drug-likeness (QED) is 0.555. The van der Waals surface area contributed by atoms with E-state index < -0.39 is 5.97 Å². The molecule has 0 unspecified atom stereocenters. The van der Waals surface area contributed by atoms with Crippen LogP contribution in [0.3, 0.4) is 0 Å². The molecule has 29 heavy (non-hydrogen) atoms. The van der Waals surface area contributed by atoms with Crippen molar-refractivity contribution < 1.29 is 9.90 Å². The molecule has 148 valence electrons.